The number of para-hydroxylation sites is 1. The number of benzene rings is 3. The van der Waals surface area contributed by atoms with Gasteiger partial charge in [-0.3, -0.25) is 9.59 Å². The molecule has 0 saturated carbocycles. The molecule has 0 radical (unpaired) electrons. The van der Waals surface area contributed by atoms with E-state index in [1.165, 1.54) is 17.5 Å². The number of nitrogens with one attached hydrogen (secondary N) is 1. The van der Waals surface area contributed by atoms with Crippen molar-refractivity contribution in [3.63, 3.8) is 0 Å². The van der Waals surface area contributed by atoms with Crippen molar-refractivity contribution in [2.75, 3.05) is 5.32 Å². The molecular formula is C26H25NO3. The fourth-order valence-corrected chi connectivity index (χ4v) is 3.87. The standard InChI is InChI=1S/C26H25NO3/c1-18(30-24-17-9-13-19-10-5-6-14-21(19)24)26(29)27-23-16-8-7-15-22(23)25(28)20-11-3-2-4-12-20/h2-4,7-9,11-13,15-18H,5-6,10,14H2,1H3,(H,27,29). The Morgan fingerprint density at radius 2 is 1.60 bits per heavy atom. The molecule has 1 atom stereocenters. The van der Waals surface area contributed by atoms with Gasteiger partial charge in [-0.15, -0.1) is 0 Å². The minimum absolute atomic E-state index is 0.128. The highest BCUT2D eigenvalue weighted by molar-refractivity contribution is 6.14. The maximum atomic E-state index is 12.9. The molecule has 1 unspecified atom stereocenters. The van der Waals surface area contributed by atoms with Crippen molar-refractivity contribution >= 4 is 17.4 Å². The van der Waals surface area contributed by atoms with Crippen LogP contribution in [0, 0.1) is 0 Å². The predicted molar refractivity (Wildman–Crippen MR) is 118 cm³/mol. The molecule has 0 spiro atoms. The van der Waals surface area contributed by atoms with Crippen LogP contribution >= 0.6 is 0 Å². The van der Waals surface area contributed by atoms with Gasteiger partial charge >= 0.3 is 0 Å². The lowest BCUT2D eigenvalue weighted by molar-refractivity contribution is -0.122. The Hall–Kier alpha value is -3.40. The first-order chi connectivity index (χ1) is 14.6. The molecule has 3 aromatic carbocycles. The van der Waals surface area contributed by atoms with Crippen LogP contribution in [-0.2, 0) is 17.6 Å². The molecule has 152 valence electrons. The average Bonchev–Trinajstić information content (AvgIpc) is 2.80. The first-order valence-corrected chi connectivity index (χ1v) is 10.4. The van der Waals surface area contributed by atoms with Crippen LogP contribution in [0.25, 0.3) is 0 Å². The predicted octanol–water partition coefficient (Wildman–Crippen LogP) is 5.20. The fraction of sp³-hybridized carbons (Fsp3) is 0.231. The van der Waals surface area contributed by atoms with E-state index < -0.39 is 6.10 Å². The van der Waals surface area contributed by atoms with Crippen molar-refractivity contribution in [1.82, 2.24) is 0 Å². The van der Waals surface area contributed by atoms with Crippen molar-refractivity contribution in [2.45, 2.75) is 38.7 Å². The summed E-state index contributed by atoms with van der Waals surface area (Å²) in [6.07, 6.45) is 3.69. The summed E-state index contributed by atoms with van der Waals surface area (Å²) in [6.45, 7) is 1.74. The number of ketones is 1. The first-order valence-electron chi connectivity index (χ1n) is 10.4. The Morgan fingerprint density at radius 3 is 2.43 bits per heavy atom. The van der Waals surface area contributed by atoms with Crippen molar-refractivity contribution in [2.24, 2.45) is 0 Å². The zero-order valence-electron chi connectivity index (χ0n) is 17.1. The molecule has 1 N–H and O–H groups in total. The monoisotopic (exact) mass is 399 g/mol. The van der Waals surface area contributed by atoms with Crippen molar-refractivity contribution in [3.05, 3.63) is 95.1 Å². The summed E-state index contributed by atoms with van der Waals surface area (Å²) < 4.78 is 6.03. The van der Waals surface area contributed by atoms with Gasteiger partial charge in [0, 0.05) is 11.1 Å². The summed E-state index contributed by atoms with van der Waals surface area (Å²) in [5.41, 5.74) is 4.05. The summed E-state index contributed by atoms with van der Waals surface area (Å²) in [4.78, 5) is 25.7. The number of anilines is 1. The van der Waals surface area contributed by atoms with Gasteiger partial charge in [0.15, 0.2) is 11.9 Å². The first kappa shape index (κ1) is 19.9. The molecule has 0 aromatic heterocycles. The molecule has 4 rings (SSSR count). The van der Waals surface area contributed by atoms with E-state index in [0.717, 1.165) is 25.0 Å². The van der Waals surface area contributed by atoms with Crippen LogP contribution in [0.15, 0.2) is 72.8 Å². The summed E-state index contributed by atoms with van der Waals surface area (Å²) in [5, 5.41) is 2.88. The Balaban J connectivity index is 1.50. The van der Waals surface area contributed by atoms with Gasteiger partial charge in [0.25, 0.3) is 5.91 Å². The molecule has 1 aliphatic rings. The van der Waals surface area contributed by atoms with Gasteiger partial charge in [-0.25, -0.2) is 0 Å². The normalized spacial score (nSPS) is 13.8. The van der Waals surface area contributed by atoms with Gasteiger partial charge in [0.1, 0.15) is 5.75 Å². The third-order valence-corrected chi connectivity index (χ3v) is 5.49. The largest absolute Gasteiger partial charge is 0.481 e. The van der Waals surface area contributed by atoms with Crippen molar-refractivity contribution in [3.8, 4) is 5.75 Å². The van der Waals surface area contributed by atoms with Crippen LogP contribution in [0.5, 0.6) is 5.75 Å². The molecule has 0 saturated heterocycles. The summed E-state index contributed by atoms with van der Waals surface area (Å²) in [5.74, 6) is 0.373. The lowest BCUT2D eigenvalue weighted by Crippen LogP contribution is -2.31. The van der Waals surface area contributed by atoms with E-state index >= 15 is 0 Å². The molecular weight excluding hydrogens is 374 g/mol. The van der Waals surface area contributed by atoms with E-state index in [1.54, 1.807) is 43.3 Å². The van der Waals surface area contributed by atoms with Gasteiger partial charge < -0.3 is 10.1 Å². The number of hydrogen-bond donors (Lipinski definition) is 1. The highest BCUT2D eigenvalue weighted by Gasteiger charge is 2.21. The highest BCUT2D eigenvalue weighted by Crippen LogP contribution is 2.30. The maximum absolute atomic E-state index is 12.9. The number of ether oxygens (including phenoxy) is 1. The van der Waals surface area contributed by atoms with Gasteiger partial charge in [0.05, 0.1) is 5.69 Å². The molecule has 1 amide bonds. The molecule has 4 nitrogen and oxygen atoms in total. The summed E-state index contributed by atoms with van der Waals surface area (Å²) in [6, 6.07) is 22.2. The van der Waals surface area contributed by atoms with Crippen molar-refractivity contribution < 1.29 is 14.3 Å². The summed E-state index contributed by atoms with van der Waals surface area (Å²) in [7, 11) is 0. The summed E-state index contributed by atoms with van der Waals surface area (Å²) >= 11 is 0. The molecule has 0 fully saturated rings. The van der Waals surface area contributed by atoms with Crippen LogP contribution in [0.1, 0.15) is 46.8 Å². The number of carbonyl (C=O) groups is 2. The second-order valence-corrected chi connectivity index (χ2v) is 7.59. The zero-order chi connectivity index (χ0) is 20.9. The number of hydrogen-bond acceptors (Lipinski definition) is 3. The van der Waals surface area contributed by atoms with Crippen LogP contribution in [0.4, 0.5) is 5.69 Å². The zero-order valence-corrected chi connectivity index (χ0v) is 17.1. The molecule has 0 aliphatic heterocycles. The molecule has 1 aliphatic carbocycles. The molecule has 4 heteroatoms. The van der Waals surface area contributed by atoms with Gasteiger partial charge in [0.2, 0.25) is 0 Å². The molecule has 0 bridgehead atoms. The van der Waals surface area contributed by atoms with Crippen LogP contribution in [-0.4, -0.2) is 17.8 Å². The second kappa shape index (κ2) is 8.95. The smallest absolute Gasteiger partial charge is 0.265 e. The number of carbonyl (C=O) groups excluding carboxylic acids is 2. The Bertz CT molecular complexity index is 1060. The van der Waals surface area contributed by atoms with E-state index in [1.807, 2.05) is 30.3 Å². The van der Waals surface area contributed by atoms with E-state index in [0.29, 0.717) is 16.8 Å². The highest BCUT2D eigenvalue weighted by atomic mass is 16.5. The molecule has 30 heavy (non-hydrogen) atoms. The van der Waals surface area contributed by atoms with E-state index in [-0.39, 0.29) is 11.7 Å². The van der Waals surface area contributed by atoms with Crippen LogP contribution in [0.2, 0.25) is 0 Å². The van der Waals surface area contributed by atoms with Crippen LogP contribution in [0.3, 0.4) is 0 Å². The fourth-order valence-electron chi connectivity index (χ4n) is 3.87. The van der Waals surface area contributed by atoms with Gasteiger partial charge in [-0.1, -0.05) is 54.6 Å². The minimum atomic E-state index is -0.682. The van der Waals surface area contributed by atoms with E-state index in [9.17, 15) is 9.59 Å². The average molecular weight is 399 g/mol. The number of aryl methyl sites for hydroxylation is 1. The molecule has 3 aromatic rings. The quantitative estimate of drug-likeness (QED) is 0.580. The second-order valence-electron chi connectivity index (χ2n) is 7.59. The topological polar surface area (TPSA) is 55.4 Å². The van der Waals surface area contributed by atoms with E-state index in [4.69, 9.17) is 4.74 Å². The Kier molecular flexibility index (Phi) is 5.94. The van der Waals surface area contributed by atoms with Crippen molar-refractivity contribution in [1.29, 1.82) is 0 Å². The lowest BCUT2D eigenvalue weighted by atomic mass is 9.91. The number of fused-ring (bicyclic) bond motifs is 1. The Labute approximate surface area is 176 Å². The molecule has 0 heterocycles. The number of rotatable bonds is 6. The third kappa shape index (κ3) is 4.28. The lowest BCUT2D eigenvalue weighted by Gasteiger charge is -2.22. The third-order valence-electron chi connectivity index (χ3n) is 5.49. The van der Waals surface area contributed by atoms with E-state index in [2.05, 4.69) is 11.4 Å². The Morgan fingerprint density at radius 1 is 0.867 bits per heavy atom. The van der Waals surface area contributed by atoms with Gasteiger partial charge in [-0.2, -0.15) is 0 Å². The SMILES string of the molecule is CC(Oc1cccc2c1CCCC2)C(=O)Nc1ccccc1C(=O)c1ccccc1. The maximum Gasteiger partial charge on any atom is 0.265 e. The number of amides is 1. The van der Waals surface area contributed by atoms with Gasteiger partial charge in [-0.05, 0) is 61.9 Å². The minimum Gasteiger partial charge on any atom is -0.481 e. The van der Waals surface area contributed by atoms with Crippen LogP contribution < -0.4 is 10.1 Å².